The van der Waals surface area contributed by atoms with Crippen molar-refractivity contribution in [3.8, 4) is 11.1 Å². The van der Waals surface area contributed by atoms with Gasteiger partial charge in [0.2, 0.25) is 0 Å². The molecule has 0 atom stereocenters. The number of benzene rings is 2. The van der Waals surface area contributed by atoms with Crippen LogP contribution in [-0.4, -0.2) is 6.67 Å². The Morgan fingerprint density at radius 2 is 1.37 bits per heavy atom. The second kappa shape index (κ2) is 10.4. The van der Waals surface area contributed by atoms with Crippen molar-refractivity contribution in [1.82, 2.24) is 0 Å². The van der Waals surface area contributed by atoms with Crippen molar-refractivity contribution in [2.75, 3.05) is 6.67 Å². The van der Waals surface area contributed by atoms with Gasteiger partial charge in [-0.05, 0) is 66.7 Å². The zero-order valence-electron chi connectivity index (χ0n) is 18.4. The molecule has 160 valence electrons. The highest BCUT2D eigenvalue weighted by atomic mass is 19.1. The SMILES string of the molecule is FCCC/C=C/C1(c2ccc(-c3ccc(C4CCCCC4)cc3)cc2)CCCCC1. The van der Waals surface area contributed by atoms with Gasteiger partial charge in [0.25, 0.3) is 0 Å². The summed E-state index contributed by atoms with van der Waals surface area (Å²) in [5.74, 6) is 0.769. The first kappa shape index (κ1) is 21.3. The highest BCUT2D eigenvalue weighted by molar-refractivity contribution is 5.64. The highest BCUT2D eigenvalue weighted by Crippen LogP contribution is 2.41. The van der Waals surface area contributed by atoms with Gasteiger partial charge < -0.3 is 0 Å². The lowest BCUT2D eigenvalue weighted by Gasteiger charge is -2.35. The van der Waals surface area contributed by atoms with Crippen LogP contribution in [0.2, 0.25) is 0 Å². The summed E-state index contributed by atoms with van der Waals surface area (Å²) in [5.41, 5.74) is 5.73. The second-order valence-electron chi connectivity index (χ2n) is 9.48. The molecular weight excluding hydrogens is 367 g/mol. The van der Waals surface area contributed by atoms with Gasteiger partial charge in [-0.3, -0.25) is 4.39 Å². The van der Waals surface area contributed by atoms with Crippen LogP contribution in [0.4, 0.5) is 4.39 Å². The number of halogens is 1. The Kier molecular flexibility index (Phi) is 7.42. The third kappa shape index (κ3) is 5.05. The summed E-state index contributed by atoms with van der Waals surface area (Å²) >= 11 is 0. The maximum atomic E-state index is 12.5. The van der Waals surface area contributed by atoms with Crippen molar-refractivity contribution in [3.05, 3.63) is 71.8 Å². The second-order valence-corrected chi connectivity index (χ2v) is 9.48. The molecule has 0 aromatic heterocycles. The number of alkyl halides is 1. The summed E-state index contributed by atoms with van der Waals surface area (Å²) in [4.78, 5) is 0. The monoisotopic (exact) mass is 404 g/mol. The molecule has 30 heavy (non-hydrogen) atoms. The van der Waals surface area contributed by atoms with E-state index < -0.39 is 0 Å². The minimum absolute atomic E-state index is 0.151. The maximum Gasteiger partial charge on any atom is 0.0897 e. The molecule has 0 spiro atoms. The van der Waals surface area contributed by atoms with Crippen LogP contribution in [0.1, 0.15) is 94.1 Å². The van der Waals surface area contributed by atoms with Crippen LogP contribution in [0.5, 0.6) is 0 Å². The summed E-state index contributed by atoms with van der Waals surface area (Å²) in [5, 5.41) is 0. The lowest BCUT2D eigenvalue weighted by molar-refractivity contribution is 0.356. The van der Waals surface area contributed by atoms with E-state index in [-0.39, 0.29) is 12.1 Å². The van der Waals surface area contributed by atoms with Crippen molar-refractivity contribution >= 4 is 0 Å². The first-order chi connectivity index (χ1) is 14.8. The van der Waals surface area contributed by atoms with E-state index >= 15 is 0 Å². The molecule has 0 N–H and O–H groups in total. The predicted octanol–water partition coefficient (Wildman–Crippen LogP) is 8.91. The van der Waals surface area contributed by atoms with Gasteiger partial charge >= 0.3 is 0 Å². The van der Waals surface area contributed by atoms with E-state index in [1.54, 1.807) is 0 Å². The summed E-state index contributed by atoms with van der Waals surface area (Å²) < 4.78 is 12.5. The largest absolute Gasteiger partial charge is 0.251 e. The smallest absolute Gasteiger partial charge is 0.0897 e. The van der Waals surface area contributed by atoms with E-state index in [1.165, 1.54) is 86.5 Å². The average Bonchev–Trinajstić information content (AvgIpc) is 2.83. The molecule has 4 rings (SSSR count). The molecule has 0 heterocycles. The first-order valence-corrected chi connectivity index (χ1v) is 12.3. The molecule has 0 saturated heterocycles. The molecule has 0 nitrogen and oxygen atoms in total. The minimum atomic E-state index is -0.217. The van der Waals surface area contributed by atoms with Crippen LogP contribution in [0.25, 0.3) is 11.1 Å². The van der Waals surface area contributed by atoms with Crippen LogP contribution >= 0.6 is 0 Å². The van der Waals surface area contributed by atoms with Crippen LogP contribution in [0.15, 0.2) is 60.7 Å². The predicted molar refractivity (Wildman–Crippen MR) is 127 cm³/mol. The van der Waals surface area contributed by atoms with Gasteiger partial charge in [-0.15, -0.1) is 0 Å². The van der Waals surface area contributed by atoms with Gasteiger partial charge in [0, 0.05) is 5.41 Å². The van der Waals surface area contributed by atoms with Gasteiger partial charge in [-0.2, -0.15) is 0 Å². The van der Waals surface area contributed by atoms with Gasteiger partial charge in [-0.1, -0.05) is 99.2 Å². The zero-order valence-corrected chi connectivity index (χ0v) is 18.4. The number of rotatable bonds is 7. The molecule has 0 amide bonds. The molecule has 0 aliphatic heterocycles. The fourth-order valence-electron chi connectivity index (χ4n) is 5.62. The molecule has 2 saturated carbocycles. The minimum Gasteiger partial charge on any atom is -0.251 e. The van der Waals surface area contributed by atoms with Crippen LogP contribution in [-0.2, 0) is 5.41 Å². The summed E-state index contributed by atoms with van der Waals surface area (Å²) in [6.07, 6.45) is 19.4. The Balaban J connectivity index is 1.50. The summed E-state index contributed by atoms with van der Waals surface area (Å²) in [7, 11) is 0. The number of hydrogen-bond donors (Lipinski definition) is 0. The van der Waals surface area contributed by atoms with Crippen molar-refractivity contribution < 1.29 is 4.39 Å². The lowest BCUT2D eigenvalue weighted by Crippen LogP contribution is -2.26. The standard InChI is InChI=1S/C29H37F/c30-23-9-3-8-22-29(20-6-2-7-21-29)28-18-16-27(17-19-28)26-14-12-25(13-15-26)24-10-4-1-5-11-24/h8,12-19,22,24H,1-7,9-11,20-21,23H2/b22-8+. The zero-order chi connectivity index (χ0) is 20.7. The Morgan fingerprint density at radius 3 is 2.00 bits per heavy atom. The van der Waals surface area contributed by atoms with E-state index in [4.69, 9.17) is 0 Å². The van der Waals surface area contributed by atoms with E-state index in [0.29, 0.717) is 6.42 Å². The Labute approximate surface area is 182 Å². The molecule has 0 bridgehead atoms. The Hall–Kier alpha value is -1.89. The molecule has 0 unspecified atom stereocenters. The molecule has 2 fully saturated rings. The van der Waals surface area contributed by atoms with Crippen molar-refractivity contribution in [2.24, 2.45) is 0 Å². The highest BCUT2D eigenvalue weighted by Gasteiger charge is 2.31. The number of hydrogen-bond acceptors (Lipinski definition) is 0. The van der Waals surface area contributed by atoms with Crippen molar-refractivity contribution in [2.45, 2.75) is 88.4 Å². The van der Waals surface area contributed by atoms with Crippen LogP contribution in [0, 0.1) is 0 Å². The lowest BCUT2D eigenvalue weighted by atomic mass is 9.69. The van der Waals surface area contributed by atoms with Crippen LogP contribution < -0.4 is 0 Å². The van der Waals surface area contributed by atoms with E-state index in [2.05, 4.69) is 60.7 Å². The van der Waals surface area contributed by atoms with E-state index in [0.717, 1.165) is 12.3 Å². The first-order valence-electron chi connectivity index (χ1n) is 12.3. The van der Waals surface area contributed by atoms with Crippen molar-refractivity contribution in [3.63, 3.8) is 0 Å². The summed E-state index contributed by atoms with van der Waals surface area (Å²) in [6.45, 7) is -0.217. The van der Waals surface area contributed by atoms with Crippen molar-refractivity contribution in [1.29, 1.82) is 0 Å². The molecular formula is C29H37F. The fourth-order valence-corrected chi connectivity index (χ4v) is 5.62. The van der Waals surface area contributed by atoms with Gasteiger partial charge in [-0.25, -0.2) is 0 Å². The van der Waals surface area contributed by atoms with Gasteiger partial charge in [0.1, 0.15) is 0 Å². The third-order valence-electron chi connectivity index (χ3n) is 7.47. The quantitative estimate of drug-likeness (QED) is 0.319. The molecule has 1 heteroatoms. The maximum absolute atomic E-state index is 12.5. The third-order valence-corrected chi connectivity index (χ3v) is 7.47. The summed E-state index contributed by atoms with van der Waals surface area (Å²) in [6, 6.07) is 18.6. The average molecular weight is 405 g/mol. The van der Waals surface area contributed by atoms with Gasteiger partial charge in [0.15, 0.2) is 0 Å². The number of allylic oxidation sites excluding steroid dienone is 2. The van der Waals surface area contributed by atoms with E-state index in [9.17, 15) is 4.39 Å². The number of unbranched alkanes of at least 4 members (excludes halogenated alkanes) is 1. The Morgan fingerprint density at radius 1 is 0.767 bits per heavy atom. The normalized spacial score (nSPS) is 19.9. The Bertz CT molecular complexity index is 787. The molecule has 0 radical (unpaired) electrons. The molecule has 2 aromatic rings. The molecule has 2 aliphatic carbocycles. The topological polar surface area (TPSA) is 0 Å². The molecule has 2 aliphatic rings. The molecule has 2 aromatic carbocycles. The van der Waals surface area contributed by atoms with E-state index in [1.807, 2.05) is 0 Å². The van der Waals surface area contributed by atoms with Crippen LogP contribution in [0.3, 0.4) is 0 Å². The fraction of sp³-hybridized carbons (Fsp3) is 0.517. The van der Waals surface area contributed by atoms with Gasteiger partial charge in [0.05, 0.1) is 6.67 Å².